The molecule has 1 fully saturated rings. The Hall–Kier alpha value is -3.82. The van der Waals surface area contributed by atoms with Crippen LogP contribution in [0.2, 0.25) is 5.02 Å². The first-order valence-corrected chi connectivity index (χ1v) is 12.4. The fraction of sp³-hybridized carbons (Fsp3) is 0.154. The molecule has 1 aliphatic rings. The molecule has 0 saturated carbocycles. The molecule has 184 valence electrons. The van der Waals surface area contributed by atoms with Crippen molar-refractivity contribution in [2.24, 2.45) is 5.73 Å². The molecular formula is C26H25ClN6O2S. The summed E-state index contributed by atoms with van der Waals surface area (Å²) < 4.78 is 0. The van der Waals surface area contributed by atoms with Crippen molar-refractivity contribution in [2.45, 2.75) is 23.4 Å². The van der Waals surface area contributed by atoms with Gasteiger partial charge in [0.15, 0.2) is 5.16 Å². The number of benzene rings is 2. The Balaban J connectivity index is 1.51. The number of amides is 2. The molecule has 2 heterocycles. The second kappa shape index (κ2) is 11.3. The maximum Gasteiger partial charge on any atom is 0.272 e. The van der Waals surface area contributed by atoms with Gasteiger partial charge >= 0.3 is 0 Å². The molecule has 4 rings (SSSR count). The summed E-state index contributed by atoms with van der Waals surface area (Å²) in [5, 5.41) is 6.70. The largest absolute Gasteiger partial charge is 0.402 e. The summed E-state index contributed by atoms with van der Waals surface area (Å²) in [4.78, 5) is 36.9. The Kier molecular flexibility index (Phi) is 7.92. The van der Waals surface area contributed by atoms with E-state index in [1.807, 2.05) is 12.1 Å². The van der Waals surface area contributed by atoms with Gasteiger partial charge in [0.1, 0.15) is 11.5 Å². The average Bonchev–Trinajstić information content (AvgIpc) is 2.78. The van der Waals surface area contributed by atoms with Crippen molar-refractivity contribution in [3.8, 4) is 0 Å². The quantitative estimate of drug-likeness (QED) is 0.277. The highest BCUT2D eigenvalue weighted by molar-refractivity contribution is 7.99. The Bertz CT molecular complexity index is 1330. The van der Waals surface area contributed by atoms with Crippen molar-refractivity contribution in [2.75, 3.05) is 23.7 Å². The van der Waals surface area contributed by atoms with Crippen LogP contribution in [0, 0.1) is 0 Å². The third-order valence-corrected chi connectivity index (χ3v) is 6.40. The molecule has 0 bridgehead atoms. The molecule has 3 aromatic rings. The van der Waals surface area contributed by atoms with Crippen LogP contribution in [-0.2, 0) is 0 Å². The molecular weight excluding hydrogens is 496 g/mol. The number of nitrogens with one attached hydrogen (secondary N) is 2. The molecule has 36 heavy (non-hydrogen) atoms. The van der Waals surface area contributed by atoms with Gasteiger partial charge in [-0.3, -0.25) is 9.59 Å². The number of nitrogens with zero attached hydrogens (tertiary/aromatic N) is 3. The number of halogens is 1. The predicted octanol–water partition coefficient (Wildman–Crippen LogP) is 5.17. The molecule has 1 aliphatic heterocycles. The monoisotopic (exact) mass is 520 g/mol. The van der Waals surface area contributed by atoms with Crippen LogP contribution < -0.4 is 16.4 Å². The van der Waals surface area contributed by atoms with E-state index in [1.165, 1.54) is 11.8 Å². The Labute approximate surface area is 218 Å². The van der Waals surface area contributed by atoms with Gasteiger partial charge in [-0.15, -0.1) is 0 Å². The highest BCUT2D eigenvalue weighted by atomic mass is 35.5. The minimum absolute atomic E-state index is 0.137. The molecule has 0 radical (unpaired) electrons. The lowest BCUT2D eigenvalue weighted by atomic mass is 10.2. The van der Waals surface area contributed by atoms with Gasteiger partial charge in [0.2, 0.25) is 0 Å². The van der Waals surface area contributed by atoms with E-state index in [-0.39, 0.29) is 11.8 Å². The van der Waals surface area contributed by atoms with Crippen molar-refractivity contribution >= 4 is 46.7 Å². The van der Waals surface area contributed by atoms with Gasteiger partial charge in [-0.1, -0.05) is 30.3 Å². The Morgan fingerprint density at radius 2 is 1.83 bits per heavy atom. The summed E-state index contributed by atoms with van der Waals surface area (Å²) in [6.07, 6.45) is 2.67. The van der Waals surface area contributed by atoms with Gasteiger partial charge in [0.05, 0.1) is 10.6 Å². The van der Waals surface area contributed by atoms with E-state index in [2.05, 4.69) is 27.2 Å². The Morgan fingerprint density at radius 3 is 2.47 bits per heavy atom. The number of likely N-dealkylation sites (tertiary alicyclic amines) is 1. The van der Waals surface area contributed by atoms with Gasteiger partial charge in [-0.2, -0.15) is 0 Å². The maximum absolute atomic E-state index is 12.8. The van der Waals surface area contributed by atoms with Crippen LogP contribution in [0.15, 0.2) is 88.7 Å². The lowest BCUT2D eigenvalue weighted by molar-refractivity contribution is 0.0644. The number of aromatic nitrogens is 2. The standard InChI is InChI=1S/C26H25ClN6O2S/c1-16(28)14-17(2)29-23-15-22(25(35)33-12-5-13-33)31-26(32-23)36-19-10-8-18(9-11-19)30-24(34)20-6-3-4-7-21(20)27/h3-4,6-11,14-15H,2,5,12-13,28H2,1H3,(H,30,34)(H,29,31,32)/b16-14-. The van der Waals surface area contributed by atoms with E-state index in [0.717, 1.165) is 24.4 Å². The number of allylic oxidation sites excluding steroid dienone is 2. The summed E-state index contributed by atoms with van der Waals surface area (Å²) in [5.41, 5.74) is 8.20. The zero-order valence-electron chi connectivity index (χ0n) is 19.6. The number of anilines is 2. The summed E-state index contributed by atoms with van der Waals surface area (Å²) in [5.74, 6) is 0.0177. The Morgan fingerprint density at radius 1 is 1.11 bits per heavy atom. The van der Waals surface area contributed by atoms with Crippen molar-refractivity contribution in [1.29, 1.82) is 0 Å². The number of carbonyl (C=O) groups excluding carboxylic acids is 2. The summed E-state index contributed by atoms with van der Waals surface area (Å²) in [7, 11) is 0. The summed E-state index contributed by atoms with van der Waals surface area (Å²) in [6.45, 7) is 7.12. The molecule has 0 spiro atoms. The van der Waals surface area contributed by atoms with Gasteiger partial charge < -0.3 is 21.3 Å². The van der Waals surface area contributed by atoms with Crippen molar-refractivity contribution in [1.82, 2.24) is 14.9 Å². The molecule has 10 heteroatoms. The van der Waals surface area contributed by atoms with Crippen LogP contribution >= 0.6 is 23.4 Å². The SMILES string of the molecule is C=C(/C=C(/C)N)Nc1cc(C(=O)N2CCC2)nc(Sc2ccc(NC(=O)c3ccccc3Cl)cc2)n1. The van der Waals surface area contributed by atoms with Crippen LogP contribution in [0.4, 0.5) is 11.5 Å². The van der Waals surface area contributed by atoms with Gasteiger partial charge in [0, 0.05) is 41.1 Å². The molecule has 1 aromatic heterocycles. The summed E-state index contributed by atoms with van der Waals surface area (Å²) >= 11 is 7.41. The molecule has 2 amide bonds. The third kappa shape index (κ3) is 6.44. The molecule has 4 N–H and O–H groups in total. The number of carbonyl (C=O) groups is 2. The normalized spacial score (nSPS) is 13.1. The van der Waals surface area contributed by atoms with Crippen molar-refractivity contribution in [3.63, 3.8) is 0 Å². The zero-order chi connectivity index (χ0) is 25.7. The molecule has 0 atom stereocenters. The average molecular weight is 521 g/mol. The first kappa shape index (κ1) is 25.3. The van der Waals surface area contributed by atoms with Crippen LogP contribution in [-0.4, -0.2) is 39.8 Å². The molecule has 1 saturated heterocycles. The lowest BCUT2D eigenvalue weighted by Gasteiger charge is -2.30. The molecule has 8 nitrogen and oxygen atoms in total. The fourth-order valence-corrected chi connectivity index (χ4v) is 4.35. The van der Waals surface area contributed by atoms with E-state index >= 15 is 0 Å². The molecule has 2 aromatic carbocycles. The van der Waals surface area contributed by atoms with Crippen molar-refractivity contribution in [3.05, 3.63) is 94.9 Å². The second-order valence-electron chi connectivity index (χ2n) is 8.17. The van der Waals surface area contributed by atoms with E-state index in [0.29, 0.717) is 44.3 Å². The van der Waals surface area contributed by atoms with E-state index in [1.54, 1.807) is 60.4 Å². The zero-order valence-corrected chi connectivity index (χ0v) is 21.2. The van der Waals surface area contributed by atoms with E-state index in [4.69, 9.17) is 17.3 Å². The number of rotatable bonds is 8. The first-order chi connectivity index (χ1) is 17.3. The predicted molar refractivity (Wildman–Crippen MR) is 143 cm³/mol. The molecule has 0 aliphatic carbocycles. The smallest absolute Gasteiger partial charge is 0.272 e. The number of hydrogen-bond acceptors (Lipinski definition) is 7. The highest BCUT2D eigenvalue weighted by Crippen LogP contribution is 2.28. The minimum Gasteiger partial charge on any atom is -0.402 e. The van der Waals surface area contributed by atoms with Crippen LogP contribution in [0.25, 0.3) is 0 Å². The summed E-state index contributed by atoms with van der Waals surface area (Å²) in [6, 6.07) is 15.7. The highest BCUT2D eigenvalue weighted by Gasteiger charge is 2.24. The number of nitrogens with two attached hydrogens (primary N) is 1. The van der Waals surface area contributed by atoms with Crippen LogP contribution in [0.1, 0.15) is 34.2 Å². The van der Waals surface area contributed by atoms with E-state index in [9.17, 15) is 9.59 Å². The van der Waals surface area contributed by atoms with Crippen LogP contribution in [0.5, 0.6) is 0 Å². The first-order valence-electron chi connectivity index (χ1n) is 11.2. The van der Waals surface area contributed by atoms with E-state index < -0.39 is 0 Å². The third-order valence-electron chi connectivity index (χ3n) is 5.20. The fourth-order valence-electron chi connectivity index (χ4n) is 3.36. The number of hydrogen-bond donors (Lipinski definition) is 3. The van der Waals surface area contributed by atoms with Gasteiger partial charge in [-0.05, 0) is 67.6 Å². The molecule has 0 unspecified atom stereocenters. The van der Waals surface area contributed by atoms with Crippen molar-refractivity contribution < 1.29 is 9.59 Å². The maximum atomic E-state index is 12.8. The minimum atomic E-state index is -0.292. The van der Waals surface area contributed by atoms with Gasteiger partial charge in [-0.25, -0.2) is 9.97 Å². The second-order valence-corrected chi connectivity index (χ2v) is 9.61. The van der Waals surface area contributed by atoms with Crippen LogP contribution in [0.3, 0.4) is 0 Å². The lowest BCUT2D eigenvalue weighted by Crippen LogP contribution is -2.42. The topological polar surface area (TPSA) is 113 Å². The van der Waals surface area contributed by atoms with Gasteiger partial charge in [0.25, 0.3) is 11.8 Å².